The van der Waals surface area contributed by atoms with Crippen LogP contribution in [0.3, 0.4) is 0 Å². The second-order valence-electron chi connectivity index (χ2n) is 6.85. The van der Waals surface area contributed by atoms with E-state index < -0.39 is 11.9 Å². The number of hydrogen-bond donors (Lipinski definition) is 2. The Morgan fingerprint density at radius 3 is 2.40 bits per heavy atom. The highest BCUT2D eigenvalue weighted by Gasteiger charge is 2.45. The summed E-state index contributed by atoms with van der Waals surface area (Å²) in [5.41, 5.74) is 0.640. The first kappa shape index (κ1) is 13.7. The average Bonchev–Trinajstić information content (AvgIpc) is 3.21. The van der Waals surface area contributed by atoms with Gasteiger partial charge < -0.3 is 15.3 Å². The second-order valence-corrected chi connectivity index (χ2v) is 6.85. The molecule has 112 valence electrons. The zero-order chi connectivity index (χ0) is 14.2. The molecule has 0 aromatic heterocycles. The highest BCUT2D eigenvalue weighted by atomic mass is 16.4. The van der Waals surface area contributed by atoms with Crippen LogP contribution in [-0.4, -0.2) is 41.1 Å². The number of nitrogens with zero attached hydrogens (tertiary/aromatic N) is 1. The van der Waals surface area contributed by atoms with Gasteiger partial charge in [-0.2, -0.15) is 0 Å². The third-order valence-electron chi connectivity index (χ3n) is 5.39. The van der Waals surface area contributed by atoms with Gasteiger partial charge in [-0.05, 0) is 56.8 Å². The van der Waals surface area contributed by atoms with Gasteiger partial charge in [0, 0.05) is 19.1 Å². The highest BCUT2D eigenvalue weighted by Crippen LogP contribution is 2.56. The van der Waals surface area contributed by atoms with E-state index in [0.29, 0.717) is 31.0 Å². The molecule has 2 amide bonds. The van der Waals surface area contributed by atoms with Crippen LogP contribution in [0.1, 0.15) is 51.4 Å². The van der Waals surface area contributed by atoms with Gasteiger partial charge in [-0.25, -0.2) is 4.79 Å². The van der Waals surface area contributed by atoms with Crippen molar-refractivity contribution in [3.63, 3.8) is 0 Å². The van der Waals surface area contributed by atoms with E-state index in [2.05, 4.69) is 5.32 Å². The Morgan fingerprint density at radius 2 is 1.80 bits per heavy atom. The fourth-order valence-electron chi connectivity index (χ4n) is 3.68. The summed E-state index contributed by atoms with van der Waals surface area (Å²) in [6.45, 7) is 1.05. The first-order valence-corrected chi connectivity index (χ1v) is 7.86. The van der Waals surface area contributed by atoms with Crippen molar-refractivity contribution in [1.82, 2.24) is 10.2 Å². The lowest BCUT2D eigenvalue weighted by molar-refractivity contribution is -0.143. The first-order chi connectivity index (χ1) is 9.58. The molecule has 3 aliphatic rings. The number of aliphatic carboxylic acids is 1. The number of carbonyl (C=O) groups excluding carboxylic acids is 1. The first-order valence-electron chi connectivity index (χ1n) is 7.86. The van der Waals surface area contributed by atoms with Crippen molar-refractivity contribution in [2.24, 2.45) is 11.3 Å². The number of hydrogen-bond acceptors (Lipinski definition) is 2. The molecule has 5 nitrogen and oxygen atoms in total. The largest absolute Gasteiger partial charge is 0.481 e. The maximum atomic E-state index is 12.2. The molecule has 20 heavy (non-hydrogen) atoms. The van der Waals surface area contributed by atoms with Gasteiger partial charge >= 0.3 is 12.0 Å². The number of carboxylic acids is 1. The summed E-state index contributed by atoms with van der Waals surface area (Å²) < 4.78 is 0. The van der Waals surface area contributed by atoms with Crippen molar-refractivity contribution in [1.29, 1.82) is 0 Å². The quantitative estimate of drug-likeness (QED) is 0.815. The fourth-order valence-corrected chi connectivity index (χ4v) is 3.68. The minimum atomic E-state index is -0.782. The lowest BCUT2D eigenvalue weighted by atomic mass is 9.83. The van der Waals surface area contributed by atoms with Crippen LogP contribution < -0.4 is 5.32 Å². The molecule has 0 aromatic carbocycles. The summed E-state index contributed by atoms with van der Waals surface area (Å²) in [5.74, 6) is -1.17. The molecule has 2 N–H and O–H groups in total. The molecule has 1 unspecified atom stereocenters. The van der Waals surface area contributed by atoms with Crippen molar-refractivity contribution >= 4 is 12.0 Å². The molecule has 0 bridgehead atoms. The number of nitrogens with one attached hydrogen (secondary N) is 1. The van der Waals surface area contributed by atoms with Gasteiger partial charge in [-0.3, -0.25) is 4.79 Å². The molecule has 2 saturated carbocycles. The predicted octanol–water partition coefficient (Wildman–Crippen LogP) is 2.22. The van der Waals surface area contributed by atoms with E-state index in [1.807, 2.05) is 0 Å². The van der Waals surface area contributed by atoms with Crippen molar-refractivity contribution in [3.8, 4) is 0 Å². The van der Waals surface area contributed by atoms with Crippen LogP contribution in [0.15, 0.2) is 0 Å². The van der Waals surface area contributed by atoms with Crippen LogP contribution in [0.25, 0.3) is 0 Å². The third-order valence-corrected chi connectivity index (χ3v) is 5.39. The van der Waals surface area contributed by atoms with Gasteiger partial charge in [0.25, 0.3) is 0 Å². The summed E-state index contributed by atoms with van der Waals surface area (Å²) in [5, 5.41) is 12.2. The summed E-state index contributed by atoms with van der Waals surface area (Å²) in [6, 6.07) is 0.228. The zero-order valence-corrected chi connectivity index (χ0v) is 11.9. The Kier molecular flexibility index (Phi) is 3.61. The van der Waals surface area contributed by atoms with Crippen molar-refractivity contribution < 1.29 is 14.7 Å². The van der Waals surface area contributed by atoms with E-state index >= 15 is 0 Å². The maximum absolute atomic E-state index is 12.2. The number of rotatable bonds is 2. The van der Waals surface area contributed by atoms with Crippen molar-refractivity contribution in [2.75, 3.05) is 13.1 Å². The monoisotopic (exact) mass is 280 g/mol. The summed E-state index contributed by atoms with van der Waals surface area (Å²) in [6.07, 6.45) is 8.89. The minimum absolute atomic E-state index is 0.0623. The fraction of sp³-hybridized carbons (Fsp3) is 0.867. The van der Waals surface area contributed by atoms with Crippen LogP contribution in [0.2, 0.25) is 0 Å². The van der Waals surface area contributed by atoms with E-state index in [4.69, 9.17) is 5.11 Å². The van der Waals surface area contributed by atoms with E-state index in [1.54, 1.807) is 4.90 Å². The lowest BCUT2D eigenvalue weighted by Gasteiger charge is -2.34. The van der Waals surface area contributed by atoms with E-state index in [1.165, 1.54) is 25.7 Å². The number of carbonyl (C=O) groups is 2. The van der Waals surface area contributed by atoms with Crippen LogP contribution in [0.5, 0.6) is 0 Å². The molecule has 3 fully saturated rings. The molecule has 1 atom stereocenters. The summed E-state index contributed by atoms with van der Waals surface area (Å²) >= 11 is 0. The molecule has 5 heteroatoms. The molecule has 2 aliphatic carbocycles. The molecule has 1 heterocycles. The number of carboxylic acid groups (broad SMARTS) is 1. The maximum Gasteiger partial charge on any atom is 0.317 e. The van der Waals surface area contributed by atoms with Gasteiger partial charge in [0.2, 0.25) is 0 Å². The van der Waals surface area contributed by atoms with Crippen LogP contribution in [0, 0.1) is 11.3 Å². The number of urea groups is 1. The van der Waals surface area contributed by atoms with Gasteiger partial charge in [-0.1, -0.05) is 0 Å². The molecule has 1 aliphatic heterocycles. The highest BCUT2D eigenvalue weighted by molar-refractivity contribution is 5.76. The standard InChI is InChI=1S/C15H24N2O3/c18-13(19)11-2-1-9-17(10-11)14(20)16-12-3-5-15(6-4-12)7-8-15/h11-12H,1-10H2,(H,16,20)(H,18,19). The van der Waals surface area contributed by atoms with Crippen LogP contribution >= 0.6 is 0 Å². The predicted molar refractivity (Wildman–Crippen MR) is 74.4 cm³/mol. The Bertz CT molecular complexity index is 396. The van der Waals surface area contributed by atoms with Gasteiger partial charge in [0.05, 0.1) is 5.92 Å². The summed E-state index contributed by atoms with van der Waals surface area (Å²) in [7, 11) is 0. The Labute approximate surface area is 119 Å². The van der Waals surface area contributed by atoms with E-state index in [-0.39, 0.29) is 6.03 Å². The smallest absolute Gasteiger partial charge is 0.317 e. The minimum Gasteiger partial charge on any atom is -0.481 e. The molecular weight excluding hydrogens is 256 g/mol. The average molecular weight is 280 g/mol. The topological polar surface area (TPSA) is 69.6 Å². The van der Waals surface area contributed by atoms with Gasteiger partial charge in [0.15, 0.2) is 0 Å². The second kappa shape index (κ2) is 5.26. The molecule has 0 radical (unpaired) electrons. The Morgan fingerprint density at radius 1 is 1.10 bits per heavy atom. The Hall–Kier alpha value is -1.26. The number of piperidine rings is 1. The van der Waals surface area contributed by atoms with Gasteiger partial charge in [-0.15, -0.1) is 0 Å². The Balaban J connectivity index is 1.47. The van der Waals surface area contributed by atoms with Crippen LogP contribution in [0.4, 0.5) is 4.79 Å². The van der Waals surface area contributed by atoms with Crippen LogP contribution in [-0.2, 0) is 4.79 Å². The lowest BCUT2D eigenvalue weighted by Crippen LogP contribution is -2.50. The molecule has 1 saturated heterocycles. The van der Waals surface area contributed by atoms with Crippen molar-refractivity contribution in [3.05, 3.63) is 0 Å². The summed E-state index contributed by atoms with van der Waals surface area (Å²) in [4.78, 5) is 25.0. The zero-order valence-electron chi connectivity index (χ0n) is 11.9. The van der Waals surface area contributed by atoms with E-state index in [9.17, 15) is 9.59 Å². The third kappa shape index (κ3) is 2.91. The molecule has 3 rings (SSSR count). The normalized spacial score (nSPS) is 29.2. The van der Waals surface area contributed by atoms with E-state index in [0.717, 1.165) is 19.3 Å². The molecular formula is C15H24N2O3. The van der Waals surface area contributed by atoms with Crippen molar-refractivity contribution in [2.45, 2.75) is 57.4 Å². The molecule has 0 aromatic rings. The number of amides is 2. The molecule has 1 spiro atoms. The van der Waals surface area contributed by atoms with Gasteiger partial charge in [0.1, 0.15) is 0 Å². The number of likely N-dealkylation sites (tertiary alicyclic amines) is 1. The SMILES string of the molecule is O=C(O)C1CCCN(C(=O)NC2CCC3(CC2)CC3)C1.